The van der Waals surface area contributed by atoms with Gasteiger partial charge in [0.1, 0.15) is 0 Å². The van der Waals surface area contributed by atoms with Crippen molar-refractivity contribution in [3.63, 3.8) is 0 Å². The number of piperazine rings is 1. The second-order valence-electron chi connectivity index (χ2n) is 3.77. The van der Waals surface area contributed by atoms with Crippen molar-refractivity contribution in [2.75, 3.05) is 31.1 Å². The smallest absolute Gasteiger partial charge is 0.151 e. The summed E-state index contributed by atoms with van der Waals surface area (Å²) in [5.74, 6) is 0.989. The molecule has 76 valence electrons. The predicted molar refractivity (Wildman–Crippen MR) is 55.0 cm³/mol. The van der Waals surface area contributed by atoms with Crippen molar-refractivity contribution in [1.82, 2.24) is 10.2 Å². The lowest BCUT2D eigenvalue weighted by Gasteiger charge is -2.34. The second-order valence-corrected chi connectivity index (χ2v) is 3.77. The largest absolute Gasteiger partial charge is 0.465 e. The van der Waals surface area contributed by atoms with E-state index in [4.69, 9.17) is 0 Å². The van der Waals surface area contributed by atoms with Gasteiger partial charge in [-0.25, -0.2) is 0 Å². The first-order valence-electron chi connectivity index (χ1n) is 4.97. The summed E-state index contributed by atoms with van der Waals surface area (Å²) < 4.78 is 0. The van der Waals surface area contributed by atoms with Crippen LogP contribution >= 0.6 is 0 Å². The van der Waals surface area contributed by atoms with Crippen molar-refractivity contribution in [3.05, 3.63) is 24.9 Å². The molecule has 0 atom stereocenters. The van der Waals surface area contributed by atoms with E-state index < -0.39 is 0 Å². The zero-order chi connectivity index (χ0) is 9.97. The SMILES string of the molecule is [CH2-][NH+]1CCN(c2ccc(C)nn2)CC1. The molecule has 0 spiro atoms. The highest BCUT2D eigenvalue weighted by Gasteiger charge is 2.15. The fourth-order valence-electron chi connectivity index (χ4n) is 1.61. The van der Waals surface area contributed by atoms with Gasteiger partial charge >= 0.3 is 0 Å². The maximum absolute atomic E-state index is 4.17. The Bertz CT molecular complexity index is 287. The van der Waals surface area contributed by atoms with E-state index in [-0.39, 0.29) is 0 Å². The Kier molecular flexibility index (Phi) is 2.63. The van der Waals surface area contributed by atoms with Gasteiger partial charge in [-0.2, -0.15) is 12.1 Å². The molecular formula is C10H16N4. The lowest BCUT2D eigenvalue weighted by atomic mass is 10.3. The van der Waals surface area contributed by atoms with Crippen LogP contribution in [0.15, 0.2) is 12.1 Å². The summed E-state index contributed by atoms with van der Waals surface area (Å²) in [5, 5.41) is 8.23. The van der Waals surface area contributed by atoms with Crippen molar-refractivity contribution in [1.29, 1.82) is 0 Å². The maximum atomic E-state index is 4.17. The minimum Gasteiger partial charge on any atom is -0.465 e. The number of aryl methyl sites for hydroxylation is 1. The third-order valence-electron chi connectivity index (χ3n) is 2.58. The summed E-state index contributed by atoms with van der Waals surface area (Å²) in [7, 11) is 3.99. The molecule has 0 bridgehead atoms. The van der Waals surface area contributed by atoms with Crippen LogP contribution in [0.25, 0.3) is 0 Å². The van der Waals surface area contributed by atoms with Crippen molar-refractivity contribution in [2.45, 2.75) is 6.92 Å². The van der Waals surface area contributed by atoms with Crippen LogP contribution in [0.4, 0.5) is 5.82 Å². The van der Waals surface area contributed by atoms with Gasteiger partial charge in [0.15, 0.2) is 5.82 Å². The molecule has 14 heavy (non-hydrogen) atoms. The summed E-state index contributed by atoms with van der Waals surface area (Å²) in [4.78, 5) is 3.61. The standard InChI is InChI=1S/C10H16N4/c1-9-3-4-10(12-11-9)14-7-5-13(2)6-8-14/h3-4,13H,2,5-8H2,1H3. The molecule has 4 heteroatoms. The van der Waals surface area contributed by atoms with E-state index in [1.807, 2.05) is 19.1 Å². The molecule has 0 unspecified atom stereocenters. The summed E-state index contributed by atoms with van der Waals surface area (Å²) in [5.41, 5.74) is 0.968. The zero-order valence-corrected chi connectivity index (χ0v) is 8.53. The van der Waals surface area contributed by atoms with Gasteiger partial charge in [0.25, 0.3) is 0 Å². The molecule has 1 aromatic rings. The predicted octanol–water partition coefficient (Wildman–Crippen LogP) is -0.718. The molecule has 4 nitrogen and oxygen atoms in total. The molecular weight excluding hydrogens is 176 g/mol. The first kappa shape index (κ1) is 9.40. The zero-order valence-electron chi connectivity index (χ0n) is 8.53. The van der Waals surface area contributed by atoms with Crippen molar-refractivity contribution < 1.29 is 4.90 Å². The van der Waals surface area contributed by atoms with Crippen LogP contribution in [0.3, 0.4) is 0 Å². The summed E-state index contributed by atoms with van der Waals surface area (Å²) >= 11 is 0. The van der Waals surface area contributed by atoms with E-state index in [1.54, 1.807) is 0 Å². The number of quaternary nitrogens is 1. The Morgan fingerprint density at radius 3 is 2.57 bits per heavy atom. The Balaban J connectivity index is 2.05. The fraction of sp³-hybridized carbons (Fsp3) is 0.500. The fourth-order valence-corrected chi connectivity index (χ4v) is 1.61. The average molecular weight is 192 g/mol. The van der Waals surface area contributed by atoms with Crippen molar-refractivity contribution in [3.8, 4) is 0 Å². The van der Waals surface area contributed by atoms with Crippen LogP contribution in [0, 0.1) is 14.0 Å². The number of hydrogen-bond donors (Lipinski definition) is 1. The molecule has 1 aliphatic heterocycles. The van der Waals surface area contributed by atoms with Crippen LogP contribution < -0.4 is 9.80 Å². The van der Waals surface area contributed by atoms with Crippen LogP contribution in [-0.2, 0) is 0 Å². The highest BCUT2D eigenvalue weighted by molar-refractivity contribution is 5.37. The molecule has 1 fully saturated rings. The van der Waals surface area contributed by atoms with E-state index in [1.165, 1.54) is 4.90 Å². The molecule has 2 heterocycles. The van der Waals surface area contributed by atoms with Gasteiger partial charge in [0.2, 0.25) is 0 Å². The van der Waals surface area contributed by atoms with E-state index in [0.29, 0.717) is 0 Å². The summed E-state index contributed by atoms with van der Waals surface area (Å²) in [6.07, 6.45) is 0. The van der Waals surface area contributed by atoms with E-state index in [2.05, 4.69) is 22.1 Å². The first-order chi connectivity index (χ1) is 6.75. The third kappa shape index (κ3) is 2.01. The Morgan fingerprint density at radius 2 is 2.00 bits per heavy atom. The van der Waals surface area contributed by atoms with Crippen LogP contribution in [0.1, 0.15) is 5.69 Å². The van der Waals surface area contributed by atoms with Gasteiger partial charge in [-0.1, -0.05) is 0 Å². The minimum absolute atomic E-state index is 0.968. The van der Waals surface area contributed by atoms with E-state index >= 15 is 0 Å². The topological polar surface area (TPSA) is 33.5 Å². The molecule has 1 aliphatic rings. The van der Waals surface area contributed by atoms with Gasteiger partial charge in [-0.05, 0) is 19.1 Å². The molecule has 0 radical (unpaired) electrons. The molecule has 0 aromatic carbocycles. The molecule has 0 amide bonds. The van der Waals surface area contributed by atoms with Crippen LogP contribution in [0.5, 0.6) is 0 Å². The number of anilines is 1. The summed E-state index contributed by atoms with van der Waals surface area (Å²) in [6.45, 7) is 6.16. The highest BCUT2D eigenvalue weighted by Crippen LogP contribution is 2.08. The molecule has 0 aliphatic carbocycles. The van der Waals surface area contributed by atoms with Crippen molar-refractivity contribution >= 4 is 5.82 Å². The number of rotatable bonds is 1. The number of nitrogens with one attached hydrogen (secondary N) is 1. The second kappa shape index (κ2) is 3.92. The van der Waals surface area contributed by atoms with E-state index in [9.17, 15) is 0 Å². The number of aromatic nitrogens is 2. The Morgan fingerprint density at radius 1 is 1.29 bits per heavy atom. The highest BCUT2D eigenvalue weighted by atomic mass is 15.3. The first-order valence-corrected chi connectivity index (χ1v) is 4.97. The lowest BCUT2D eigenvalue weighted by molar-refractivity contribution is -0.854. The molecule has 0 saturated carbocycles. The number of hydrogen-bond acceptors (Lipinski definition) is 3. The van der Waals surface area contributed by atoms with Crippen molar-refractivity contribution in [2.24, 2.45) is 0 Å². The Hall–Kier alpha value is -1.16. The average Bonchev–Trinajstić information content (AvgIpc) is 2.21. The number of nitrogens with zero attached hydrogens (tertiary/aromatic N) is 3. The third-order valence-corrected chi connectivity index (χ3v) is 2.58. The van der Waals surface area contributed by atoms with Gasteiger partial charge in [-0.3, -0.25) is 0 Å². The lowest BCUT2D eigenvalue weighted by Crippen LogP contribution is -3.10. The molecule has 1 aromatic heterocycles. The van der Waals surface area contributed by atoms with E-state index in [0.717, 1.165) is 37.7 Å². The van der Waals surface area contributed by atoms with Gasteiger partial charge in [0, 0.05) is 0 Å². The van der Waals surface area contributed by atoms with Gasteiger partial charge < -0.3 is 9.80 Å². The summed E-state index contributed by atoms with van der Waals surface area (Å²) in [6, 6.07) is 4.04. The minimum atomic E-state index is 0.968. The molecule has 1 N–H and O–H groups in total. The van der Waals surface area contributed by atoms with Gasteiger partial charge in [-0.15, -0.1) is 5.10 Å². The van der Waals surface area contributed by atoms with Crippen LogP contribution in [0.2, 0.25) is 0 Å². The monoisotopic (exact) mass is 192 g/mol. The normalized spacial score (nSPS) is 18.6. The molecule has 1 saturated heterocycles. The maximum Gasteiger partial charge on any atom is 0.151 e. The van der Waals surface area contributed by atoms with Gasteiger partial charge in [0.05, 0.1) is 31.9 Å². The quantitative estimate of drug-likeness (QED) is 0.596. The Labute approximate surface area is 84.5 Å². The molecule has 2 rings (SSSR count). The van der Waals surface area contributed by atoms with Crippen LogP contribution in [-0.4, -0.2) is 36.4 Å².